The predicted octanol–water partition coefficient (Wildman–Crippen LogP) is 2.14. The number of nitrogens with one attached hydrogen (secondary N) is 2. The van der Waals surface area contributed by atoms with Crippen LogP contribution in [-0.2, 0) is 4.74 Å². The molecule has 1 amide bonds. The van der Waals surface area contributed by atoms with Crippen LogP contribution in [0.2, 0.25) is 0 Å². The van der Waals surface area contributed by atoms with E-state index in [0.29, 0.717) is 17.1 Å². The van der Waals surface area contributed by atoms with Gasteiger partial charge in [-0.15, -0.1) is 0 Å². The Balaban J connectivity index is 2.16. The van der Waals surface area contributed by atoms with Gasteiger partial charge in [0.1, 0.15) is 11.5 Å². The maximum atomic E-state index is 11.8. The van der Waals surface area contributed by atoms with Crippen LogP contribution in [0.3, 0.4) is 0 Å². The first-order valence-corrected chi connectivity index (χ1v) is 7.08. The quantitative estimate of drug-likeness (QED) is 0.821. The van der Waals surface area contributed by atoms with Crippen LogP contribution in [0.1, 0.15) is 34.7 Å². The average molecular weight is 314 g/mol. The Morgan fingerprint density at radius 2 is 1.87 bits per heavy atom. The lowest BCUT2D eigenvalue weighted by atomic mass is 10.2. The molecule has 0 radical (unpaired) electrons. The van der Waals surface area contributed by atoms with Crippen molar-refractivity contribution in [3.63, 3.8) is 0 Å². The van der Waals surface area contributed by atoms with E-state index in [1.165, 1.54) is 19.5 Å². The predicted molar refractivity (Wildman–Crippen MR) is 85.7 cm³/mol. The summed E-state index contributed by atoms with van der Waals surface area (Å²) in [4.78, 5) is 31.7. The van der Waals surface area contributed by atoms with Gasteiger partial charge < -0.3 is 15.4 Å². The minimum absolute atomic E-state index is 0.0223. The van der Waals surface area contributed by atoms with Crippen molar-refractivity contribution in [3.05, 3.63) is 47.9 Å². The first-order chi connectivity index (χ1) is 11.0. The molecule has 2 N–H and O–H groups in total. The number of carbonyl (C=O) groups is 2. The molecule has 1 heterocycles. The van der Waals surface area contributed by atoms with Crippen LogP contribution in [0.25, 0.3) is 0 Å². The van der Waals surface area contributed by atoms with Gasteiger partial charge in [-0.25, -0.2) is 14.8 Å². The van der Waals surface area contributed by atoms with Crippen molar-refractivity contribution in [3.8, 4) is 0 Å². The monoisotopic (exact) mass is 314 g/mol. The van der Waals surface area contributed by atoms with Crippen LogP contribution in [0, 0.1) is 0 Å². The summed E-state index contributed by atoms with van der Waals surface area (Å²) in [5.74, 6) is -0.314. The number of hydrogen-bond acceptors (Lipinski definition) is 6. The minimum Gasteiger partial charge on any atom is -0.465 e. The molecule has 0 atom stereocenters. The molecule has 0 bridgehead atoms. The summed E-state index contributed by atoms with van der Waals surface area (Å²) in [6.45, 7) is 3.73. The Morgan fingerprint density at radius 3 is 2.48 bits per heavy atom. The SMILES string of the molecule is COC(=O)c1ccccc1Nc1cnc(C(=O)NC(C)C)cn1. The topological polar surface area (TPSA) is 93.2 Å². The third-order valence-corrected chi connectivity index (χ3v) is 2.90. The number of esters is 1. The summed E-state index contributed by atoms with van der Waals surface area (Å²) in [5.41, 5.74) is 1.16. The lowest BCUT2D eigenvalue weighted by Crippen LogP contribution is -2.30. The van der Waals surface area contributed by atoms with Gasteiger partial charge in [-0.1, -0.05) is 12.1 Å². The maximum absolute atomic E-state index is 11.8. The van der Waals surface area contributed by atoms with E-state index in [9.17, 15) is 9.59 Å². The Kier molecular flexibility index (Phi) is 5.24. The molecular formula is C16H18N4O3. The molecule has 120 valence electrons. The van der Waals surface area contributed by atoms with Crippen molar-refractivity contribution in [2.24, 2.45) is 0 Å². The second kappa shape index (κ2) is 7.35. The first kappa shape index (κ1) is 16.4. The Hall–Kier alpha value is -2.96. The van der Waals surface area contributed by atoms with E-state index in [-0.39, 0.29) is 17.6 Å². The van der Waals surface area contributed by atoms with Gasteiger partial charge in [0.05, 0.1) is 30.8 Å². The highest BCUT2D eigenvalue weighted by molar-refractivity contribution is 5.96. The van der Waals surface area contributed by atoms with Crippen molar-refractivity contribution < 1.29 is 14.3 Å². The van der Waals surface area contributed by atoms with Crippen LogP contribution in [-0.4, -0.2) is 35.0 Å². The molecule has 0 spiro atoms. The molecule has 0 aliphatic carbocycles. The second-order valence-corrected chi connectivity index (χ2v) is 5.08. The summed E-state index contributed by atoms with van der Waals surface area (Å²) in [5, 5.41) is 5.73. The van der Waals surface area contributed by atoms with E-state index in [4.69, 9.17) is 4.74 Å². The number of amides is 1. The summed E-state index contributed by atoms with van der Waals surface area (Å²) in [7, 11) is 1.32. The van der Waals surface area contributed by atoms with E-state index >= 15 is 0 Å². The number of aromatic nitrogens is 2. The zero-order valence-corrected chi connectivity index (χ0v) is 13.2. The highest BCUT2D eigenvalue weighted by Crippen LogP contribution is 2.19. The molecule has 7 heteroatoms. The first-order valence-electron chi connectivity index (χ1n) is 7.08. The summed E-state index contributed by atoms with van der Waals surface area (Å²) < 4.78 is 4.73. The highest BCUT2D eigenvalue weighted by atomic mass is 16.5. The molecule has 2 rings (SSSR count). The van der Waals surface area contributed by atoms with Gasteiger partial charge in [-0.2, -0.15) is 0 Å². The number of methoxy groups -OCH3 is 1. The van der Waals surface area contributed by atoms with E-state index in [1.807, 2.05) is 13.8 Å². The number of benzene rings is 1. The second-order valence-electron chi connectivity index (χ2n) is 5.08. The van der Waals surface area contributed by atoms with Crippen LogP contribution in [0.15, 0.2) is 36.7 Å². The number of rotatable bonds is 5. The van der Waals surface area contributed by atoms with Crippen LogP contribution in [0.4, 0.5) is 11.5 Å². The Bertz CT molecular complexity index is 699. The molecule has 0 saturated heterocycles. The Morgan fingerprint density at radius 1 is 1.13 bits per heavy atom. The normalized spacial score (nSPS) is 10.3. The van der Waals surface area contributed by atoms with E-state index in [0.717, 1.165) is 0 Å². The molecule has 0 fully saturated rings. The van der Waals surface area contributed by atoms with Gasteiger partial charge in [0.15, 0.2) is 0 Å². The number of carbonyl (C=O) groups excluding carboxylic acids is 2. The molecule has 1 aromatic heterocycles. The summed E-state index contributed by atoms with van der Waals surface area (Å²) in [6, 6.07) is 6.92. The zero-order chi connectivity index (χ0) is 16.8. The number of ether oxygens (including phenoxy) is 1. The van der Waals surface area contributed by atoms with Crippen molar-refractivity contribution in [2.75, 3.05) is 12.4 Å². The zero-order valence-electron chi connectivity index (χ0n) is 13.2. The molecular weight excluding hydrogens is 296 g/mol. The van der Waals surface area contributed by atoms with Crippen LogP contribution < -0.4 is 10.6 Å². The molecule has 2 aromatic rings. The van der Waals surface area contributed by atoms with Gasteiger partial charge in [0.25, 0.3) is 5.91 Å². The number of nitrogens with zero attached hydrogens (tertiary/aromatic N) is 2. The number of para-hydroxylation sites is 1. The minimum atomic E-state index is -0.450. The van der Waals surface area contributed by atoms with Gasteiger partial charge in [0, 0.05) is 6.04 Å². The molecule has 23 heavy (non-hydrogen) atoms. The van der Waals surface area contributed by atoms with E-state index in [1.54, 1.807) is 24.3 Å². The molecule has 0 unspecified atom stereocenters. The van der Waals surface area contributed by atoms with E-state index in [2.05, 4.69) is 20.6 Å². The lowest BCUT2D eigenvalue weighted by Gasteiger charge is -2.10. The summed E-state index contributed by atoms with van der Waals surface area (Å²) >= 11 is 0. The molecule has 0 saturated carbocycles. The molecule has 0 aliphatic heterocycles. The van der Waals surface area contributed by atoms with E-state index < -0.39 is 5.97 Å². The third-order valence-electron chi connectivity index (χ3n) is 2.90. The van der Waals surface area contributed by atoms with Crippen molar-refractivity contribution in [1.29, 1.82) is 0 Å². The smallest absolute Gasteiger partial charge is 0.339 e. The standard InChI is InChI=1S/C16H18N4O3/c1-10(2)19-15(21)13-8-18-14(9-17-13)20-12-7-5-4-6-11(12)16(22)23-3/h4-10H,1-3H3,(H,18,20)(H,19,21). The lowest BCUT2D eigenvalue weighted by molar-refractivity contribution is 0.0601. The molecule has 0 aliphatic rings. The van der Waals surface area contributed by atoms with Gasteiger partial charge in [-0.3, -0.25) is 4.79 Å². The number of hydrogen-bond donors (Lipinski definition) is 2. The van der Waals surface area contributed by atoms with Crippen LogP contribution >= 0.6 is 0 Å². The van der Waals surface area contributed by atoms with Crippen molar-refractivity contribution in [1.82, 2.24) is 15.3 Å². The molecule has 7 nitrogen and oxygen atoms in total. The van der Waals surface area contributed by atoms with Crippen LogP contribution in [0.5, 0.6) is 0 Å². The number of anilines is 2. The Labute approximate surface area is 134 Å². The fourth-order valence-electron chi connectivity index (χ4n) is 1.86. The maximum Gasteiger partial charge on any atom is 0.339 e. The van der Waals surface area contributed by atoms with Gasteiger partial charge in [0.2, 0.25) is 0 Å². The molecule has 1 aromatic carbocycles. The van der Waals surface area contributed by atoms with Crippen molar-refractivity contribution >= 4 is 23.4 Å². The summed E-state index contributed by atoms with van der Waals surface area (Å²) in [6.07, 6.45) is 2.81. The van der Waals surface area contributed by atoms with Crippen molar-refractivity contribution in [2.45, 2.75) is 19.9 Å². The van der Waals surface area contributed by atoms with Gasteiger partial charge in [-0.05, 0) is 26.0 Å². The highest BCUT2D eigenvalue weighted by Gasteiger charge is 2.12. The average Bonchev–Trinajstić information content (AvgIpc) is 2.54. The fraction of sp³-hybridized carbons (Fsp3) is 0.250. The third kappa shape index (κ3) is 4.26. The largest absolute Gasteiger partial charge is 0.465 e. The fourth-order valence-corrected chi connectivity index (χ4v) is 1.86. The van der Waals surface area contributed by atoms with Gasteiger partial charge >= 0.3 is 5.97 Å².